The fraction of sp³-hybridized carbons (Fsp3) is 0.250. The SMILES string of the molecule is COc1ccc(C)cc1CCNS(=O)(=O)c1ccc(F)c(F)c1. The van der Waals surface area contributed by atoms with Crippen LogP contribution in [0.25, 0.3) is 0 Å². The molecule has 0 saturated carbocycles. The fourth-order valence-corrected chi connectivity index (χ4v) is 3.19. The maximum Gasteiger partial charge on any atom is 0.240 e. The summed E-state index contributed by atoms with van der Waals surface area (Å²) >= 11 is 0. The Morgan fingerprint density at radius 1 is 1.09 bits per heavy atom. The Morgan fingerprint density at radius 2 is 1.83 bits per heavy atom. The van der Waals surface area contributed by atoms with Gasteiger partial charge in [-0.25, -0.2) is 21.9 Å². The first-order valence-corrected chi connectivity index (χ1v) is 8.40. The van der Waals surface area contributed by atoms with Crippen LogP contribution in [0.1, 0.15) is 11.1 Å². The third-order valence-electron chi connectivity index (χ3n) is 3.32. The Kier molecular flexibility index (Phi) is 5.33. The van der Waals surface area contributed by atoms with Gasteiger partial charge in [0.25, 0.3) is 0 Å². The Morgan fingerprint density at radius 3 is 2.48 bits per heavy atom. The number of ether oxygens (including phenoxy) is 1. The van der Waals surface area contributed by atoms with Crippen molar-refractivity contribution in [3.8, 4) is 5.75 Å². The lowest BCUT2D eigenvalue weighted by Gasteiger charge is -2.11. The summed E-state index contributed by atoms with van der Waals surface area (Å²) in [5, 5.41) is 0. The number of sulfonamides is 1. The van der Waals surface area contributed by atoms with Crippen molar-refractivity contribution in [2.75, 3.05) is 13.7 Å². The molecule has 0 saturated heterocycles. The van der Waals surface area contributed by atoms with Gasteiger partial charge in [0, 0.05) is 6.54 Å². The van der Waals surface area contributed by atoms with E-state index >= 15 is 0 Å². The molecule has 1 N–H and O–H groups in total. The third kappa shape index (κ3) is 4.27. The molecule has 0 aliphatic carbocycles. The van der Waals surface area contributed by atoms with E-state index in [1.165, 1.54) is 0 Å². The minimum Gasteiger partial charge on any atom is -0.496 e. The van der Waals surface area contributed by atoms with Gasteiger partial charge in [-0.2, -0.15) is 0 Å². The number of hydrogen-bond acceptors (Lipinski definition) is 3. The zero-order valence-corrected chi connectivity index (χ0v) is 13.6. The molecule has 0 aromatic heterocycles. The summed E-state index contributed by atoms with van der Waals surface area (Å²) in [4.78, 5) is -0.312. The highest BCUT2D eigenvalue weighted by atomic mass is 32.2. The van der Waals surface area contributed by atoms with E-state index in [9.17, 15) is 17.2 Å². The highest BCUT2D eigenvalue weighted by molar-refractivity contribution is 7.89. The quantitative estimate of drug-likeness (QED) is 0.879. The van der Waals surface area contributed by atoms with Gasteiger partial charge in [-0.3, -0.25) is 0 Å². The van der Waals surface area contributed by atoms with Crippen molar-refractivity contribution in [2.24, 2.45) is 0 Å². The topological polar surface area (TPSA) is 55.4 Å². The summed E-state index contributed by atoms with van der Waals surface area (Å²) in [5.74, 6) is -1.62. The van der Waals surface area contributed by atoms with Crippen LogP contribution in [0.2, 0.25) is 0 Å². The number of methoxy groups -OCH3 is 1. The molecular formula is C16H17F2NO3S. The lowest BCUT2D eigenvalue weighted by molar-refractivity contribution is 0.409. The molecule has 124 valence electrons. The molecule has 2 aromatic carbocycles. The first kappa shape index (κ1) is 17.4. The van der Waals surface area contributed by atoms with Crippen LogP contribution in [-0.4, -0.2) is 22.1 Å². The largest absolute Gasteiger partial charge is 0.496 e. The van der Waals surface area contributed by atoms with Gasteiger partial charge < -0.3 is 4.74 Å². The van der Waals surface area contributed by atoms with Gasteiger partial charge in [0.05, 0.1) is 12.0 Å². The first-order valence-electron chi connectivity index (χ1n) is 6.92. The zero-order chi connectivity index (χ0) is 17.0. The third-order valence-corrected chi connectivity index (χ3v) is 4.78. The average Bonchev–Trinajstić information content (AvgIpc) is 2.50. The maximum atomic E-state index is 13.2. The average molecular weight is 341 g/mol. The van der Waals surface area contributed by atoms with Crippen molar-refractivity contribution < 1.29 is 21.9 Å². The molecule has 0 aliphatic rings. The van der Waals surface area contributed by atoms with Crippen LogP contribution in [0.15, 0.2) is 41.3 Å². The summed E-state index contributed by atoms with van der Waals surface area (Å²) in [7, 11) is -2.36. The van der Waals surface area contributed by atoms with E-state index < -0.39 is 21.7 Å². The van der Waals surface area contributed by atoms with Crippen molar-refractivity contribution in [3.05, 3.63) is 59.2 Å². The monoisotopic (exact) mass is 341 g/mol. The van der Waals surface area contributed by atoms with Crippen LogP contribution in [-0.2, 0) is 16.4 Å². The van der Waals surface area contributed by atoms with Crippen molar-refractivity contribution in [1.82, 2.24) is 4.72 Å². The molecule has 23 heavy (non-hydrogen) atoms. The lowest BCUT2D eigenvalue weighted by Crippen LogP contribution is -2.26. The van der Waals surface area contributed by atoms with Gasteiger partial charge in [-0.15, -0.1) is 0 Å². The molecule has 2 rings (SSSR count). The summed E-state index contributed by atoms with van der Waals surface area (Å²) < 4.78 is 57.8. The maximum absolute atomic E-state index is 13.2. The molecule has 7 heteroatoms. The van der Waals surface area contributed by atoms with E-state index in [4.69, 9.17) is 4.74 Å². The zero-order valence-electron chi connectivity index (χ0n) is 12.8. The molecule has 0 fully saturated rings. The molecule has 0 spiro atoms. The summed E-state index contributed by atoms with van der Waals surface area (Å²) in [6, 6.07) is 8.08. The summed E-state index contributed by atoms with van der Waals surface area (Å²) in [6.07, 6.45) is 0.410. The normalized spacial score (nSPS) is 11.5. The Bertz CT molecular complexity index is 807. The van der Waals surface area contributed by atoms with E-state index in [0.717, 1.165) is 23.3 Å². The second-order valence-electron chi connectivity index (χ2n) is 5.04. The molecule has 0 amide bonds. The van der Waals surface area contributed by atoms with Crippen LogP contribution in [0.5, 0.6) is 5.75 Å². The highest BCUT2D eigenvalue weighted by Crippen LogP contribution is 2.20. The molecule has 0 bridgehead atoms. The number of benzene rings is 2. The van der Waals surface area contributed by atoms with Gasteiger partial charge in [-0.05, 0) is 43.2 Å². The Labute approximate surface area is 134 Å². The Balaban J connectivity index is 2.08. The highest BCUT2D eigenvalue weighted by Gasteiger charge is 2.16. The second kappa shape index (κ2) is 7.06. The van der Waals surface area contributed by atoms with Crippen molar-refractivity contribution >= 4 is 10.0 Å². The van der Waals surface area contributed by atoms with E-state index in [1.807, 2.05) is 25.1 Å². The minimum absolute atomic E-state index is 0.112. The van der Waals surface area contributed by atoms with Crippen LogP contribution in [0, 0.1) is 18.6 Å². The van der Waals surface area contributed by atoms with Crippen LogP contribution in [0.3, 0.4) is 0 Å². The van der Waals surface area contributed by atoms with Gasteiger partial charge >= 0.3 is 0 Å². The van der Waals surface area contributed by atoms with Crippen molar-refractivity contribution in [3.63, 3.8) is 0 Å². The van der Waals surface area contributed by atoms with E-state index in [1.54, 1.807) is 7.11 Å². The first-order chi connectivity index (χ1) is 10.8. The van der Waals surface area contributed by atoms with Crippen LogP contribution in [0.4, 0.5) is 8.78 Å². The Hall–Kier alpha value is -1.99. The minimum atomic E-state index is -3.90. The predicted octanol–water partition coefficient (Wildman–Crippen LogP) is 2.80. The standard InChI is InChI=1S/C16H17F2NO3S/c1-11-3-6-16(22-2)12(9-11)7-8-19-23(20,21)13-4-5-14(17)15(18)10-13/h3-6,9-10,19H,7-8H2,1-2H3. The van der Waals surface area contributed by atoms with E-state index in [2.05, 4.69) is 4.72 Å². The van der Waals surface area contributed by atoms with Gasteiger partial charge in [-0.1, -0.05) is 17.7 Å². The van der Waals surface area contributed by atoms with Gasteiger partial charge in [0.15, 0.2) is 11.6 Å². The number of aryl methyl sites for hydroxylation is 1. The van der Waals surface area contributed by atoms with E-state index in [-0.39, 0.29) is 11.4 Å². The second-order valence-corrected chi connectivity index (χ2v) is 6.81. The van der Waals surface area contributed by atoms with Gasteiger partial charge in [0.2, 0.25) is 10.0 Å². The van der Waals surface area contributed by atoms with Crippen LogP contribution < -0.4 is 9.46 Å². The smallest absolute Gasteiger partial charge is 0.240 e. The predicted molar refractivity (Wildman–Crippen MR) is 83.0 cm³/mol. The number of nitrogens with one attached hydrogen (secondary N) is 1. The molecule has 0 atom stereocenters. The molecule has 0 heterocycles. The lowest BCUT2D eigenvalue weighted by atomic mass is 10.1. The molecule has 4 nitrogen and oxygen atoms in total. The molecular weight excluding hydrogens is 324 g/mol. The number of hydrogen-bond donors (Lipinski definition) is 1. The number of rotatable bonds is 6. The van der Waals surface area contributed by atoms with Crippen molar-refractivity contribution in [1.29, 1.82) is 0 Å². The summed E-state index contributed by atoms with van der Waals surface area (Å²) in [6.45, 7) is 2.04. The summed E-state index contributed by atoms with van der Waals surface area (Å²) in [5.41, 5.74) is 1.89. The molecule has 0 radical (unpaired) electrons. The van der Waals surface area contributed by atoms with Gasteiger partial charge in [0.1, 0.15) is 5.75 Å². The molecule has 2 aromatic rings. The fourth-order valence-electron chi connectivity index (χ4n) is 2.15. The van der Waals surface area contributed by atoms with Crippen molar-refractivity contribution in [2.45, 2.75) is 18.2 Å². The number of halogens is 2. The molecule has 0 aliphatic heterocycles. The van der Waals surface area contributed by atoms with Crippen LogP contribution >= 0.6 is 0 Å². The molecule has 0 unspecified atom stereocenters. The van der Waals surface area contributed by atoms with E-state index in [0.29, 0.717) is 18.2 Å².